The Kier molecular flexibility index (Phi) is 6.36. The van der Waals surface area contributed by atoms with E-state index < -0.39 is 27.8 Å². The topological polar surface area (TPSA) is 111 Å². The summed E-state index contributed by atoms with van der Waals surface area (Å²) in [4.78, 5) is 25.3. The predicted octanol–water partition coefficient (Wildman–Crippen LogP) is -1.30. The van der Waals surface area contributed by atoms with Gasteiger partial charge in [-0.3, -0.25) is 4.79 Å². The third-order valence-electron chi connectivity index (χ3n) is 5.74. The highest BCUT2D eigenvalue weighted by atomic mass is 32.2. The summed E-state index contributed by atoms with van der Waals surface area (Å²) >= 11 is 0. The fraction of sp³-hybridized carbons (Fsp3) is 0.579. The summed E-state index contributed by atoms with van der Waals surface area (Å²) in [6.07, 6.45) is 2.56. The Morgan fingerprint density at radius 2 is 1.64 bits per heavy atom. The monoisotopic (exact) mass is 409 g/mol. The molecule has 1 saturated heterocycles. The summed E-state index contributed by atoms with van der Waals surface area (Å²) in [7, 11) is -1.51. The van der Waals surface area contributed by atoms with Crippen LogP contribution in [-0.2, 0) is 19.6 Å². The minimum Gasteiger partial charge on any atom is -0.550 e. The number of rotatable bonds is 5. The first kappa shape index (κ1) is 20.8. The van der Waals surface area contributed by atoms with Crippen LogP contribution in [0.1, 0.15) is 25.7 Å². The summed E-state index contributed by atoms with van der Waals surface area (Å²) in [5.41, 5.74) is 0.453. The third-order valence-corrected chi connectivity index (χ3v) is 7.65. The maximum atomic E-state index is 12.7. The molecule has 0 radical (unpaired) electrons. The minimum atomic E-state index is -3.55. The second-order valence-corrected chi connectivity index (χ2v) is 9.63. The van der Waals surface area contributed by atoms with Crippen LogP contribution in [0.15, 0.2) is 29.2 Å². The number of carbonyl (C=O) groups is 2. The Morgan fingerprint density at radius 3 is 2.21 bits per heavy atom. The second kappa shape index (κ2) is 8.59. The van der Waals surface area contributed by atoms with Crippen molar-refractivity contribution in [3.8, 4) is 0 Å². The number of quaternary nitrogens is 1. The molecule has 1 aliphatic heterocycles. The summed E-state index contributed by atoms with van der Waals surface area (Å²) in [6, 6.07) is 6.05. The Balaban J connectivity index is 1.67. The molecule has 1 saturated carbocycles. The van der Waals surface area contributed by atoms with Gasteiger partial charge in [-0.05, 0) is 37.1 Å². The third kappa shape index (κ3) is 4.53. The van der Waals surface area contributed by atoms with Crippen LogP contribution in [0.4, 0.5) is 5.69 Å². The molecule has 0 spiro atoms. The van der Waals surface area contributed by atoms with Gasteiger partial charge in [0.2, 0.25) is 15.9 Å². The lowest BCUT2D eigenvalue weighted by atomic mass is 9.78. The summed E-state index contributed by atoms with van der Waals surface area (Å²) < 4.78 is 27.0. The first-order valence-electron chi connectivity index (χ1n) is 9.72. The normalized spacial score (nSPS) is 24.6. The molecule has 28 heavy (non-hydrogen) atoms. The largest absolute Gasteiger partial charge is 0.550 e. The van der Waals surface area contributed by atoms with E-state index in [1.165, 1.54) is 21.3 Å². The first-order chi connectivity index (χ1) is 13.3. The molecule has 1 amide bonds. The van der Waals surface area contributed by atoms with Gasteiger partial charge >= 0.3 is 0 Å². The number of sulfonamides is 1. The second-order valence-electron chi connectivity index (χ2n) is 7.69. The van der Waals surface area contributed by atoms with E-state index in [-0.39, 0.29) is 10.8 Å². The number of hydrogen-bond acceptors (Lipinski definition) is 5. The number of piperazine rings is 1. The fourth-order valence-corrected chi connectivity index (χ4v) is 5.37. The van der Waals surface area contributed by atoms with Crippen molar-refractivity contribution >= 4 is 27.6 Å². The molecule has 0 aromatic heterocycles. The van der Waals surface area contributed by atoms with Gasteiger partial charge in [-0.1, -0.05) is 12.8 Å². The van der Waals surface area contributed by atoms with E-state index in [4.69, 9.17) is 0 Å². The molecule has 154 valence electrons. The van der Waals surface area contributed by atoms with Gasteiger partial charge in [0, 0.05) is 23.5 Å². The molecule has 1 aromatic carbocycles. The maximum absolute atomic E-state index is 12.7. The average molecular weight is 410 g/mol. The standard InChI is InChI=1S/C19H27N3O5S/c1-21-10-12-22(13-11-21)28(26,27)15-8-6-14(7-9-15)20-18(23)16-4-2-3-5-17(16)19(24)25/h6-9,16-17H,2-5,10-13H2,1H3,(H,20,23)(H,24,25)/t16-,17-/m1/s1. The number of nitrogens with zero attached hydrogens (tertiary/aromatic N) is 1. The number of anilines is 1. The van der Waals surface area contributed by atoms with Crippen molar-refractivity contribution in [2.24, 2.45) is 11.8 Å². The molecule has 9 heteroatoms. The smallest absolute Gasteiger partial charge is 0.243 e. The lowest BCUT2D eigenvalue weighted by molar-refractivity contribution is -0.883. The van der Waals surface area contributed by atoms with Crippen LogP contribution < -0.4 is 15.3 Å². The molecule has 2 atom stereocenters. The van der Waals surface area contributed by atoms with E-state index in [1.807, 2.05) is 7.05 Å². The minimum absolute atomic E-state index is 0.190. The molecular formula is C19H27N3O5S. The summed E-state index contributed by atoms with van der Waals surface area (Å²) in [5, 5.41) is 14.0. The van der Waals surface area contributed by atoms with Gasteiger partial charge in [-0.15, -0.1) is 0 Å². The molecule has 8 nitrogen and oxygen atoms in total. The number of carbonyl (C=O) groups excluding carboxylic acids is 2. The van der Waals surface area contributed by atoms with E-state index in [1.54, 1.807) is 12.1 Å². The van der Waals surface area contributed by atoms with Crippen molar-refractivity contribution in [3.05, 3.63) is 24.3 Å². The van der Waals surface area contributed by atoms with Gasteiger partial charge in [0.25, 0.3) is 0 Å². The zero-order chi connectivity index (χ0) is 20.3. The van der Waals surface area contributed by atoms with Gasteiger partial charge in [0.1, 0.15) is 0 Å². The van der Waals surface area contributed by atoms with Gasteiger partial charge in [0.15, 0.2) is 0 Å². The number of benzene rings is 1. The van der Waals surface area contributed by atoms with Gasteiger partial charge in [0.05, 0.1) is 38.1 Å². The first-order valence-corrected chi connectivity index (χ1v) is 11.2. The molecule has 1 aliphatic carbocycles. The quantitative estimate of drug-likeness (QED) is 0.628. The number of amides is 1. The lowest BCUT2D eigenvalue weighted by Gasteiger charge is -2.31. The Hall–Kier alpha value is -1.97. The van der Waals surface area contributed by atoms with Gasteiger partial charge in [-0.25, -0.2) is 8.42 Å². The fourth-order valence-electron chi connectivity index (χ4n) is 3.93. The van der Waals surface area contributed by atoms with Crippen LogP contribution in [0.5, 0.6) is 0 Å². The van der Waals surface area contributed by atoms with Crippen molar-refractivity contribution in [1.82, 2.24) is 4.31 Å². The number of hydrogen-bond donors (Lipinski definition) is 2. The number of likely N-dealkylation sites (N-methyl/N-ethyl adjacent to an activating group) is 1. The van der Waals surface area contributed by atoms with Gasteiger partial charge < -0.3 is 20.1 Å². The van der Waals surface area contributed by atoms with Crippen LogP contribution in [-0.4, -0.2) is 57.8 Å². The number of nitrogens with one attached hydrogen (secondary N) is 2. The van der Waals surface area contributed by atoms with Crippen LogP contribution in [0.25, 0.3) is 0 Å². The maximum Gasteiger partial charge on any atom is 0.243 e. The van der Waals surface area contributed by atoms with E-state index >= 15 is 0 Å². The highest BCUT2D eigenvalue weighted by Gasteiger charge is 2.32. The van der Waals surface area contributed by atoms with E-state index in [2.05, 4.69) is 5.32 Å². The zero-order valence-electron chi connectivity index (χ0n) is 16.0. The molecule has 1 aromatic rings. The van der Waals surface area contributed by atoms with E-state index in [0.29, 0.717) is 31.6 Å². The Morgan fingerprint density at radius 1 is 1.07 bits per heavy atom. The van der Waals surface area contributed by atoms with Gasteiger partial charge in [-0.2, -0.15) is 4.31 Å². The molecule has 1 heterocycles. The SMILES string of the molecule is C[NH+]1CCN(S(=O)(=O)c2ccc(NC(=O)[C@@H]3CCCC[C@H]3C(=O)[O-])cc2)CC1. The Labute approximate surface area is 165 Å². The van der Waals surface area contributed by atoms with Crippen LogP contribution in [0.2, 0.25) is 0 Å². The van der Waals surface area contributed by atoms with Crippen LogP contribution in [0, 0.1) is 11.8 Å². The molecule has 2 fully saturated rings. The van der Waals surface area contributed by atoms with Crippen LogP contribution >= 0.6 is 0 Å². The predicted molar refractivity (Wildman–Crippen MR) is 101 cm³/mol. The summed E-state index contributed by atoms with van der Waals surface area (Å²) in [5.74, 6) is -2.93. The van der Waals surface area contributed by atoms with Crippen molar-refractivity contribution in [2.45, 2.75) is 30.6 Å². The Bertz CT molecular complexity index is 816. The number of aliphatic carboxylic acids is 1. The highest BCUT2D eigenvalue weighted by Crippen LogP contribution is 2.31. The lowest BCUT2D eigenvalue weighted by Crippen LogP contribution is -3.12. The van der Waals surface area contributed by atoms with E-state index in [9.17, 15) is 23.1 Å². The molecule has 3 rings (SSSR count). The van der Waals surface area contributed by atoms with Crippen molar-refractivity contribution in [2.75, 3.05) is 38.5 Å². The molecule has 2 aliphatic rings. The van der Waals surface area contributed by atoms with Crippen molar-refractivity contribution < 1.29 is 28.0 Å². The van der Waals surface area contributed by atoms with E-state index in [0.717, 1.165) is 25.9 Å². The number of carboxylic acid groups (broad SMARTS) is 1. The molecule has 2 N–H and O–H groups in total. The highest BCUT2D eigenvalue weighted by molar-refractivity contribution is 7.89. The summed E-state index contributed by atoms with van der Waals surface area (Å²) in [6.45, 7) is 2.51. The zero-order valence-corrected chi connectivity index (χ0v) is 16.8. The van der Waals surface area contributed by atoms with Crippen LogP contribution in [0.3, 0.4) is 0 Å². The molecule has 0 bridgehead atoms. The van der Waals surface area contributed by atoms with Crippen molar-refractivity contribution in [3.63, 3.8) is 0 Å². The number of carboxylic acids is 1. The average Bonchev–Trinajstić information content (AvgIpc) is 2.68. The molecule has 0 unspecified atom stereocenters. The van der Waals surface area contributed by atoms with Crippen molar-refractivity contribution in [1.29, 1.82) is 0 Å². The molecular weight excluding hydrogens is 382 g/mol.